The van der Waals surface area contributed by atoms with E-state index in [2.05, 4.69) is 4.74 Å². The number of hydrogen-bond acceptors (Lipinski definition) is 2. The van der Waals surface area contributed by atoms with Crippen molar-refractivity contribution in [1.29, 1.82) is 0 Å². The smallest absolute Gasteiger partial charge is 0.478 e. The summed E-state index contributed by atoms with van der Waals surface area (Å²) in [6.45, 7) is 0. The van der Waals surface area contributed by atoms with Crippen molar-refractivity contribution in [2.45, 2.75) is 6.36 Å². The summed E-state index contributed by atoms with van der Waals surface area (Å²) >= 11 is 5.43. The van der Waals surface area contributed by atoms with Crippen LogP contribution in [-0.2, 0) is 0 Å². The third kappa shape index (κ3) is 3.32. The molecule has 1 aromatic rings. The van der Waals surface area contributed by atoms with Crippen LogP contribution in [0.3, 0.4) is 0 Å². The average molecular weight is 241 g/mol. The quantitative estimate of drug-likeness (QED) is 0.864. The van der Waals surface area contributed by atoms with Gasteiger partial charge in [0.2, 0.25) is 0 Å². The number of carbonyl (C=O) groups is 1. The molecular formula is C8H4ClF3O3. The van der Waals surface area contributed by atoms with Gasteiger partial charge in [-0.1, -0.05) is 11.6 Å². The molecule has 0 atom stereocenters. The Morgan fingerprint density at radius 2 is 2.00 bits per heavy atom. The molecule has 0 saturated heterocycles. The van der Waals surface area contributed by atoms with Crippen LogP contribution in [0.25, 0.3) is 0 Å². The molecule has 1 N–H and O–H groups in total. The Balaban J connectivity index is 3.12. The number of hydrogen-bond donors (Lipinski definition) is 1. The molecule has 7 heteroatoms. The van der Waals surface area contributed by atoms with Gasteiger partial charge in [-0.15, -0.1) is 13.2 Å². The molecule has 0 heterocycles. The molecule has 0 aliphatic carbocycles. The van der Waals surface area contributed by atoms with Crippen LogP contribution in [0.4, 0.5) is 13.2 Å². The van der Waals surface area contributed by atoms with E-state index in [0.717, 1.165) is 18.2 Å². The molecule has 0 fully saturated rings. The molecule has 0 aromatic heterocycles. The van der Waals surface area contributed by atoms with Crippen molar-refractivity contribution in [1.82, 2.24) is 0 Å². The Morgan fingerprint density at radius 3 is 2.47 bits per heavy atom. The Bertz CT molecular complexity index is 389. The normalized spacial score (nSPS) is 11.2. The van der Waals surface area contributed by atoms with Gasteiger partial charge in [0.1, 0.15) is 11.3 Å². The van der Waals surface area contributed by atoms with Crippen LogP contribution < -0.4 is 4.74 Å². The summed E-state index contributed by atoms with van der Waals surface area (Å²) in [6.07, 6.45) is -4.93. The van der Waals surface area contributed by atoms with Gasteiger partial charge in [0.25, 0.3) is 0 Å². The van der Waals surface area contributed by atoms with Crippen molar-refractivity contribution >= 4 is 17.6 Å². The highest BCUT2D eigenvalue weighted by Gasteiger charge is 2.32. The van der Waals surface area contributed by atoms with Crippen LogP contribution in [0.5, 0.6) is 5.75 Å². The number of aromatic carboxylic acids is 1. The third-order valence-electron chi connectivity index (χ3n) is 1.40. The Kier molecular flexibility index (Phi) is 3.09. The van der Waals surface area contributed by atoms with E-state index < -0.39 is 23.6 Å². The van der Waals surface area contributed by atoms with E-state index in [-0.39, 0.29) is 5.02 Å². The maximum Gasteiger partial charge on any atom is 0.573 e. The van der Waals surface area contributed by atoms with Crippen LogP contribution in [-0.4, -0.2) is 17.4 Å². The maximum absolute atomic E-state index is 11.8. The fourth-order valence-electron chi connectivity index (χ4n) is 0.883. The first-order valence-electron chi connectivity index (χ1n) is 3.58. The fourth-order valence-corrected chi connectivity index (χ4v) is 1.06. The van der Waals surface area contributed by atoms with Gasteiger partial charge in [0.05, 0.1) is 0 Å². The number of ether oxygens (including phenoxy) is 1. The average Bonchev–Trinajstić information content (AvgIpc) is 2.05. The van der Waals surface area contributed by atoms with E-state index in [4.69, 9.17) is 16.7 Å². The zero-order chi connectivity index (χ0) is 11.6. The van der Waals surface area contributed by atoms with Crippen molar-refractivity contribution in [2.24, 2.45) is 0 Å². The van der Waals surface area contributed by atoms with E-state index in [1.165, 1.54) is 0 Å². The van der Waals surface area contributed by atoms with Crippen molar-refractivity contribution in [2.75, 3.05) is 0 Å². The number of halogens is 4. The Morgan fingerprint density at radius 1 is 1.40 bits per heavy atom. The fraction of sp³-hybridized carbons (Fsp3) is 0.125. The summed E-state index contributed by atoms with van der Waals surface area (Å²) in [4.78, 5) is 10.6. The first-order valence-corrected chi connectivity index (χ1v) is 3.96. The summed E-state index contributed by atoms with van der Waals surface area (Å²) < 4.78 is 39.0. The molecule has 1 aromatic carbocycles. The molecular weight excluding hydrogens is 237 g/mol. The predicted octanol–water partition coefficient (Wildman–Crippen LogP) is 2.94. The second-order valence-electron chi connectivity index (χ2n) is 2.49. The first kappa shape index (κ1) is 11.6. The second-order valence-corrected chi connectivity index (χ2v) is 2.93. The second kappa shape index (κ2) is 3.98. The lowest BCUT2D eigenvalue weighted by Crippen LogP contribution is -2.19. The molecule has 82 valence electrons. The van der Waals surface area contributed by atoms with Gasteiger partial charge in [-0.2, -0.15) is 0 Å². The Labute approximate surface area is 87.0 Å². The van der Waals surface area contributed by atoms with Crippen molar-refractivity contribution in [3.05, 3.63) is 28.8 Å². The lowest BCUT2D eigenvalue weighted by molar-refractivity contribution is -0.274. The maximum atomic E-state index is 11.8. The molecule has 0 aliphatic rings. The molecule has 0 bridgehead atoms. The number of alkyl halides is 3. The summed E-state index contributed by atoms with van der Waals surface area (Å²) in [5.41, 5.74) is -0.639. The van der Waals surface area contributed by atoms with E-state index in [0.29, 0.717) is 0 Å². The number of benzene rings is 1. The third-order valence-corrected chi connectivity index (χ3v) is 1.63. The molecule has 0 aliphatic heterocycles. The Hall–Kier alpha value is -1.43. The first-order chi connectivity index (χ1) is 6.79. The molecule has 0 unspecified atom stereocenters. The monoisotopic (exact) mass is 240 g/mol. The summed E-state index contributed by atoms with van der Waals surface area (Å²) in [6, 6.07) is 2.83. The zero-order valence-corrected chi connectivity index (χ0v) is 7.76. The minimum atomic E-state index is -4.93. The zero-order valence-electron chi connectivity index (χ0n) is 7.01. The lowest BCUT2D eigenvalue weighted by atomic mass is 10.2. The number of carboxylic acids is 1. The van der Waals surface area contributed by atoms with Crippen molar-refractivity contribution in [3.8, 4) is 5.75 Å². The van der Waals surface area contributed by atoms with Crippen molar-refractivity contribution < 1.29 is 27.8 Å². The molecule has 0 saturated carbocycles. The van der Waals surface area contributed by atoms with Crippen LogP contribution in [0.15, 0.2) is 18.2 Å². The van der Waals surface area contributed by atoms with E-state index in [1.807, 2.05) is 0 Å². The van der Waals surface area contributed by atoms with Crippen molar-refractivity contribution in [3.63, 3.8) is 0 Å². The van der Waals surface area contributed by atoms with Gasteiger partial charge in [-0.25, -0.2) is 4.79 Å². The van der Waals surface area contributed by atoms with Gasteiger partial charge < -0.3 is 9.84 Å². The summed E-state index contributed by atoms with van der Waals surface area (Å²) in [7, 11) is 0. The van der Waals surface area contributed by atoms with Crippen LogP contribution in [0.2, 0.25) is 5.02 Å². The molecule has 0 radical (unpaired) electrons. The topological polar surface area (TPSA) is 46.5 Å². The number of rotatable bonds is 2. The lowest BCUT2D eigenvalue weighted by Gasteiger charge is -2.10. The standard InChI is InChI=1S/C8H4ClF3O3/c9-4-1-2-6(15-8(10,11)12)5(3-4)7(13)14/h1-3H,(H,13,14). The predicted molar refractivity (Wildman–Crippen MR) is 45.1 cm³/mol. The van der Waals surface area contributed by atoms with Gasteiger partial charge in [-0.3, -0.25) is 0 Å². The van der Waals surface area contributed by atoms with E-state index in [9.17, 15) is 18.0 Å². The minimum absolute atomic E-state index is 0.0157. The van der Waals surface area contributed by atoms with Gasteiger partial charge in [0.15, 0.2) is 0 Å². The van der Waals surface area contributed by atoms with Gasteiger partial charge in [0, 0.05) is 5.02 Å². The van der Waals surface area contributed by atoms with E-state index >= 15 is 0 Å². The highest BCUT2D eigenvalue weighted by molar-refractivity contribution is 6.31. The minimum Gasteiger partial charge on any atom is -0.478 e. The SMILES string of the molecule is O=C(O)c1cc(Cl)ccc1OC(F)(F)F. The highest BCUT2D eigenvalue weighted by atomic mass is 35.5. The molecule has 1 rings (SSSR count). The highest BCUT2D eigenvalue weighted by Crippen LogP contribution is 2.28. The van der Waals surface area contributed by atoms with Crippen LogP contribution >= 0.6 is 11.6 Å². The van der Waals surface area contributed by atoms with Gasteiger partial charge in [-0.05, 0) is 18.2 Å². The summed E-state index contributed by atoms with van der Waals surface area (Å²) in [5.74, 6) is -2.34. The van der Waals surface area contributed by atoms with Gasteiger partial charge >= 0.3 is 12.3 Å². The summed E-state index contributed by atoms with van der Waals surface area (Å²) in [5, 5.41) is 8.60. The van der Waals surface area contributed by atoms with Crippen LogP contribution in [0, 0.1) is 0 Å². The number of carboxylic acid groups (broad SMARTS) is 1. The largest absolute Gasteiger partial charge is 0.573 e. The molecule has 0 amide bonds. The van der Waals surface area contributed by atoms with Crippen LogP contribution in [0.1, 0.15) is 10.4 Å². The molecule has 3 nitrogen and oxygen atoms in total. The molecule has 0 spiro atoms. The molecule has 15 heavy (non-hydrogen) atoms. The van der Waals surface area contributed by atoms with E-state index in [1.54, 1.807) is 0 Å².